The second-order valence-corrected chi connectivity index (χ2v) is 7.96. The zero-order valence-electron chi connectivity index (χ0n) is 16.6. The topological polar surface area (TPSA) is 158 Å². The van der Waals surface area contributed by atoms with Gasteiger partial charge in [0, 0.05) is 6.54 Å². The quantitative estimate of drug-likeness (QED) is 0.221. The maximum atomic E-state index is 12.3. The predicted molar refractivity (Wildman–Crippen MR) is 119 cm³/mol. The second-order valence-electron chi connectivity index (χ2n) is 7.02. The molecule has 2 aromatic carbocycles. The molecule has 0 bridgehead atoms. The van der Waals surface area contributed by atoms with E-state index in [0.29, 0.717) is 12.5 Å². The van der Waals surface area contributed by atoms with E-state index in [9.17, 15) is 14.9 Å². The molecule has 6 N–H and O–H groups in total. The van der Waals surface area contributed by atoms with Gasteiger partial charge in [-0.1, -0.05) is 36.0 Å². The Balaban J connectivity index is 1.57. The number of hydrazone groups is 1. The van der Waals surface area contributed by atoms with Crippen molar-refractivity contribution in [2.24, 2.45) is 16.8 Å². The predicted octanol–water partition coefficient (Wildman–Crippen LogP) is 2.09. The van der Waals surface area contributed by atoms with Crippen molar-refractivity contribution in [3.63, 3.8) is 0 Å². The fourth-order valence-corrected chi connectivity index (χ4v) is 3.67. The van der Waals surface area contributed by atoms with Gasteiger partial charge < -0.3 is 16.3 Å². The van der Waals surface area contributed by atoms with E-state index in [-0.39, 0.29) is 33.6 Å². The first-order valence-corrected chi connectivity index (χ1v) is 10.5. The summed E-state index contributed by atoms with van der Waals surface area (Å²) in [6.45, 7) is 0.413. The van der Waals surface area contributed by atoms with E-state index >= 15 is 0 Å². The lowest BCUT2D eigenvalue weighted by atomic mass is 10.1. The van der Waals surface area contributed by atoms with Crippen LogP contribution in [0.2, 0.25) is 0 Å². The summed E-state index contributed by atoms with van der Waals surface area (Å²) in [7, 11) is 0. The smallest absolute Gasteiger partial charge is 0.335 e. The number of hydrazine groups is 1. The van der Waals surface area contributed by atoms with Crippen molar-refractivity contribution >= 4 is 34.5 Å². The van der Waals surface area contributed by atoms with Crippen molar-refractivity contribution in [1.29, 1.82) is 5.26 Å². The third kappa shape index (κ3) is 5.75. The molecule has 0 unspecified atom stereocenters. The molecule has 2 aromatic rings. The highest BCUT2D eigenvalue weighted by Gasteiger charge is 2.23. The van der Waals surface area contributed by atoms with Crippen LogP contribution in [0.15, 0.2) is 47.6 Å². The third-order valence-corrected chi connectivity index (χ3v) is 5.73. The van der Waals surface area contributed by atoms with Gasteiger partial charge in [-0.2, -0.15) is 10.4 Å². The van der Waals surface area contributed by atoms with E-state index < -0.39 is 5.97 Å². The van der Waals surface area contributed by atoms with Gasteiger partial charge in [0.05, 0.1) is 22.6 Å². The number of amidine groups is 1. The first-order chi connectivity index (χ1) is 14.9. The molecular weight excluding hydrogens is 416 g/mol. The van der Waals surface area contributed by atoms with Crippen LogP contribution in [0, 0.1) is 11.3 Å². The van der Waals surface area contributed by atoms with Crippen molar-refractivity contribution in [3.05, 3.63) is 64.7 Å². The second kappa shape index (κ2) is 9.97. The Morgan fingerprint density at radius 3 is 2.71 bits per heavy atom. The normalized spacial score (nSPS) is 13.4. The summed E-state index contributed by atoms with van der Waals surface area (Å²) in [6.07, 6.45) is 2.44. The Bertz CT molecular complexity index is 1060. The molecule has 3 rings (SSSR count). The largest absolute Gasteiger partial charge is 0.478 e. The molecule has 9 nitrogen and oxygen atoms in total. The molecule has 31 heavy (non-hydrogen) atoms. The van der Waals surface area contributed by atoms with Crippen LogP contribution in [0.1, 0.15) is 45.8 Å². The number of aromatic carboxylic acids is 1. The van der Waals surface area contributed by atoms with E-state index in [1.807, 2.05) is 18.2 Å². The number of anilines is 1. The third-order valence-electron chi connectivity index (χ3n) is 4.76. The zero-order chi connectivity index (χ0) is 22.4. The van der Waals surface area contributed by atoms with Crippen LogP contribution in [0.25, 0.3) is 0 Å². The van der Waals surface area contributed by atoms with Crippen LogP contribution in [0.5, 0.6) is 0 Å². The molecule has 1 aliphatic rings. The highest BCUT2D eigenvalue weighted by Crippen LogP contribution is 2.40. The number of nitrogens with zero attached hydrogens (tertiary/aromatic N) is 3. The molecular formula is C21H22N6O3S. The summed E-state index contributed by atoms with van der Waals surface area (Å²) in [6, 6.07) is 14.0. The Hall–Kier alpha value is -3.55. The first kappa shape index (κ1) is 22.1. The number of nitriles is 1. The summed E-state index contributed by atoms with van der Waals surface area (Å²) < 4.78 is 0. The van der Waals surface area contributed by atoms with Gasteiger partial charge in [-0.3, -0.25) is 9.80 Å². The van der Waals surface area contributed by atoms with E-state index in [2.05, 4.69) is 22.6 Å². The van der Waals surface area contributed by atoms with Gasteiger partial charge >= 0.3 is 5.97 Å². The minimum absolute atomic E-state index is 0.0150. The number of rotatable bonds is 7. The molecule has 1 amide bonds. The molecule has 0 spiro atoms. The number of benzene rings is 2. The van der Waals surface area contributed by atoms with Crippen molar-refractivity contribution in [2.75, 3.05) is 10.8 Å². The number of hydrogen-bond acceptors (Lipinski definition) is 7. The van der Waals surface area contributed by atoms with Gasteiger partial charge in [-0.25, -0.2) is 10.6 Å². The number of hydrogen-bond donors (Lipinski definition) is 4. The highest BCUT2D eigenvalue weighted by molar-refractivity contribution is 8.14. The Morgan fingerprint density at radius 1 is 1.29 bits per heavy atom. The summed E-state index contributed by atoms with van der Waals surface area (Å²) in [5, 5.41) is 26.0. The number of carboxylic acid groups (broad SMARTS) is 1. The number of thioether (sulfide) groups is 1. The summed E-state index contributed by atoms with van der Waals surface area (Å²) >= 11 is 1.00. The Morgan fingerprint density at radius 2 is 2.06 bits per heavy atom. The Kier molecular flexibility index (Phi) is 7.12. The number of carboxylic acids is 1. The van der Waals surface area contributed by atoms with Gasteiger partial charge in [0.25, 0.3) is 0 Å². The van der Waals surface area contributed by atoms with Crippen molar-refractivity contribution in [2.45, 2.75) is 25.3 Å². The van der Waals surface area contributed by atoms with Crippen molar-refractivity contribution in [3.8, 4) is 6.07 Å². The van der Waals surface area contributed by atoms with Crippen LogP contribution in [-0.4, -0.2) is 27.9 Å². The zero-order valence-corrected chi connectivity index (χ0v) is 17.4. The summed E-state index contributed by atoms with van der Waals surface area (Å²) in [5.41, 5.74) is 2.57. The first-order valence-electron chi connectivity index (χ1n) is 9.51. The van der Waals surface area contributed by atoms with Gasteiger partial charge in [0.15, 0.2) is 0 Å². The van der Waals surface area contributed by atoms with Crippen LogP contribution < -0.4 is 22.0 Å². The van der Waals surface area contributed by atoms with E-state index in [1.54, 1.807) is 0 Å². The average molecular weight is 439 g/mol. The number of nitrogens with two attached hydrogens (primary N) is 2. The number of nitrogens with one attached hydrogen (secondary N) is 1. The van der Waals surface area contributed by atoms with Gasteiger partial charge in [-0.05, 0) is 48.1 Å². The molecule has 0 saturated heterocycles. The maximum absolute atomic E-state index is 12.3. The molecule has 1 saturated carbocycles. The summed E-state index contributed by atoms with van der Waals surface area (Å²) in [5.74, 6) is 10.7. The maximum Gasteiger partial charge on any atom is 0.335 e. The molecule has 0 aliphatic heterocycles. The fraction of sp³-hybridized carbons (Fsp3) is 0.238. The number of amides is 1. The van der Waals surface area contributed by atoms with Crippen molar-refractivity contribution < 1.29 is 14.7 Å². The molecule has 1 aliphatic carbocycles. The van der Waals surface area contributed by atoms with Crippen LogP contribution >= 0.6 is 11.8 Å². The molecule has 0 atom stereocenters. The lowest BCUT2D eigenvalue weighted by Crippen LogP contribution is -2.38. The fourth-order valence-electron chi connectivity index (χ4n) is 3.00. The Labute approximate surface area is 183 Å². The standard InChI is InChI=1S/C21H22N6O3S/c22-10-17-9-16(20(29)30)6-7-18(17)27(24)21(26-23)31-12-19(28)25-11-13-2-1-3-15(8-13)14-4-5-14/h1-3,6-9,14H,4-5,11-12,23-24H2,(H,25,28)(H,29,30)/b26-21+. The summed E-state index contributed by atoms with van der Waals surface area (Å²) in [4.78, 5) is 23.4. The van der Waals surface area contributed by atoms with E-state index in [1.165, 1.54) is 36.6 Å². The SMILES string of the molecule is N#Cc1cc(C(=O)O)ccc1N(N)/C(=N\N)SCC(=O)NCc1cccc(C2CC2)c1. The van der Waals surface area contributed by atoms with Gasteiger partial charge in [0.1, 0.15) is 6.07 Å². The van der Waals surface area contributed by atoms with Gasteiger partial charge in [0.2, 0.25) is 11.1 Å². The molecule has 1 fully saturated rings. The molecule has 10 heteroatoms. The number of carbonyl (C=O) groups excluding carboxylic acids is 1. The van der Waals surface area contributed by atoms with Gasteiger partial charge in [-0.15, -0.1) is 0 Å². The molecule has 0 radical (unpaired) electrons. The lowest BCUT2D eigenvalue weighted by Gasteiger charge is -2.20. The molecule has 160 valence electrons. The number of carbonyl (C=O) groups is 2. The van der Waals surface area contributed by atoms with E-state index in [4.69, 9.17) is 16.8 Å². The minimum atomic E-state index is -1.16. The van der Waals surface area contributed by atoms with Crippen LogP contribution in [0.4, 0.5) is 5.69 Å². The lowest BCUT2D eigenvalue weighted by molar-refractivity contribution is -0.118. The van der Waals surface area contributed by atoms with E-state index in [0.717, 1.165) is 22.3 Å². The average Bonchev–Trinajstić information content (AvgIpc) is 3.63. The monoisotopic (exact) mass is 438 g/mol. The molecule has 0 heterocycles. The van der Waals surface area contributed by atoms with Crippen LogP contribution in [-0.2, 0) is 11.3 Å². The van der Waals surface area contributed by atoms with Crippen molar-refractivity contribution in [1.82, 2.24) is 5.32 Å². The highest BCUT2D eigenvalue weighted by atomic mass is 32.2. The van der Waals surface area contributed by atoms with Crippen LogP contribution in [0.3, 0.4) is 0 Å². The molecule has 0 aromatic heterocycles. The minimum Gasteiger partial charge on any atom is -0.478 e.